The fourth-order valence-corrected chi connectivity index (χ4v) is 1.54. The van der Waals surface area contributed by atoms with E-state index in [1.54, 1.807) is 12.1 Å². The highest BCUT2D eigenvalue weighted by Crippen LogP contribution is 2.27. The third-order valence-electron chi connectivity index (χ3n) is 2.37. The standard InChI is InChI=1S/C11H10F3N3/c1-7-5-3-4-6-9(7)17-8(2)15-10(16-17)11(12,13)14/h3-6H,1-2H3. The van der Waals surface area contributed by atoms with Gasteiger partial charge in [-0.05, 0) is 25.5 Å². The van der Waals surface area contributed by atoms with Gasteiger partial charge >= 0.3 is 6.18 Å². The van der Waals surface area contributed by atoms with Crippen LogP contribution in [0.4, 0.5) is 13.2 Å². The van der Waals surface area contributed by atoms with Crippen LogP contribution in [0.2, 0.25) is 0 Å². The summed E-state index contributed by atoms with van der Waals surface area (Å²) in [5, 5.41) is 3.49. The van der Waals surface area contributed by atoms with Crippen molar-refractivity contribution in [1.82, 2.24) is 14.8 Å². The number of hydrogen-bond donors (Lipinski definition) is 0. The molecule has 0 saturated carbocycles. The zero-order valence-electron chi connectivity index (χ0n) is 9.28. The number of rotatable bonds is 1. The van der Waals surface area contributed by atoms with Gasteiger partial charge in [0.1, 0.15) is 5.82 Å². The Kier molecular flexibility index (Phi) is 2.65. The lowest BCUT2D eigenvalue weighted by atomic mass is 10.2. The van der Waals surface area contributed by atoms with E-state index in [1.165, 1.54) is 11.6 Å². The third kappa shape index (κ3) is 2.15. The molecular formula is C11H10F3N3. The predicted molar refractivity (Wildman–Crippen MR) is 55.8 cm³/mol. The van der Waals surface area contributed by atoms with E-state index >= 15 is 0 Å². The van der Waals surface area contributed by atoms with E-state index in [0.717, 1.165) is 5.56 Å². The van der Waals surface area contributed by atoms with Crippen LogP contribution < -0.4 is 0 Å². The van der Waals surface area contributed by atoms with Gasteiger partial charge in [0.2, 0.25) is 0 Å². The Bertz CT molecular complexity index is 543. The lowest BCUT2D eigenvalue weighted by molar-refractivity contribution is -0.144. The van der Waals surface area contributed by atoms with Crippen molar-refractivity contribution in [2.75, 3.05) is 0 Å². The van der Waals surface area contributed by atoms with Crippen molar-refractivity contribution < 1.29 is 13.2 Å². The molecule has 0 fully saturated rings. The molecule has 17 heavy (non-hydrogen) atoms. The maximum Gasteiger partial charge on any atom is 0.453 e. The zero-order valence-corrected chi connectivity index (χ0v) is 9.28. The van der Waals surface area contributed by atoms with E-state index in [9.17, 15) is 13.2 Å². The van der Waals surface area contributed by atoms with Gasteiger partial charge in [-0.15, -0.1) is 5.10 Å². The summed E-state index contributed by atoms with van der Waals surface area (Å²) in [6, 6.07) is 7.08. The molecule has 2 aromatic rings. The maximum atomic E-state index is 12.5. The summed E-state index contributed by atoms with van der Waals surface area (Å²) in [4.78, 5) is 3.43. The molecule has 0 atom stereocenters. The van der Waals surface area contributed by atoms with Gasteiger partial charge in [0.05, 0.1) is 5.69 Å². The number of para-hydroxylation sites is 1. The summed E-state index contributed by atoms with van der Waals surface area (Å²) >= 11 is 0. The third-order valence-corrected chi connectivity index (χ3v) is 2.37. The highest BCUT2D eigenvalue weighted by molar-refractivity contribution is 5.39. The summed E-state index contributed by atoms with van der Waals surface area (Å²) in [5.74, 6) is -0.898. The van der Waals surface area contributed by atoms with E-state index in [2.05, 4.69) is 10.1 Å². The van der Waals surface area contributed by atoms with Crippen LogP contribution >= 0.6 is 0 Å². The predicted octanol–water partition coefficient (Wildman–Crippen LogP) is 2.90. The second kappa shape index (κ2) is 3.87. The lowest BCUT2D eigenvalue weighted by Gasteiger charge is -2.06. The molecule has 0 bridgehead atoms. The minimum Gasteiger partial charge on any atom is -0.217 e. The first kappa shape index (κ1) is 11.6. The van der Waals surface area contributed by atoms with Crippen molar-refractivity contribution in [3.8, 4) is 5.69 Å². The Hall–Kier alpha value is -1.85. The zero-order chi connectivity index (χ0) is 12.6. The van der Waals surface area contributed by atoms with Crippen LogP contribution in [0.25, 0.3) is 5.69 Å². The monoisotopic (exact) mass is 241 g/mol. The molecule has 6 heteroatoms. The van der Waals surface area contributed by atoms with E-state index in [4.69, 9.17) is 0 Å². The number of aromatic nitrogens is 3. The van der Waals surface area contributed by atoms with Gasteiger partial charge in [-0.25, -0.2) is 9.67 Å². The van der Waals surface area contributed by atoms with Gasteiger partial charge in [-0.2, -0.15) is 13.2 Å². The van der Waals surface area contributed by atoms with Crippen LogP contribution in [0.5, 0.6) is 0 Å². The van der Waals surface area contributed by atoms with Crippen LogP contribution in [-0.4, -0.2) is 14.8 Å². The Morgan fingerprint density at radius 3 is 2.29 bits per heavy atom. The molecule has 3 nitrogen and oxygen atoms in total. The molecule has 0 amide bonds. The molecule has 0 N–H and O–H groups in total. The van der Waals surface area contributed by atoms with E-state index in [-0.39, 0.29) is 5.82 Å². The minimum absolute atomic E-state index is 0.214. The Morgan fingerprint density at radius 1 is 1.12 bits per heavy atom. The fraction of sp³-hybridized carbons (Fsp3) is 0.273. The van der Waals surface area contributed by atoms with Gasteiger partial charge in [0.25, 0.3) is 5.82 Å². The fourth-order valence-electron chi connectivity index (χ4n) is 1.54. The van der Waals surface area contributed by atoms with Crippen LogP contribution in [0.3, 0.4) is 0 Å². The summed E-state index contributed by atoms with van der Waals surface area (Å²) < 4.78 is 38.6. The van der Waals surface area contributed by atoms with Crippen molar-refractivity contribution >= 4 is 0 Å². The molecule has 1 aromatic heterocycles. The molecule has 0 unspecified atom stereocenters. The maximum absolute atomic E-state index is 12.5. The van der Waals surface area contributed by atoms with E-state index in [1.807, 2.05) is 19.1 Å². The van der Waals surface area contributed by atoms with Gasteiger partial charge in [-0.1, -0.05) is 18.2 Å². The van der Waals surface area contributed by atoms with Gasteiger partial charge in [0.15, 0.2) is 0 Å². The SMILES string of the molecule is Cc1ccccc1-n1nc(C(F)(F)F)nc1C. The first-order valence-corrected chi connectivity index (χ1v) is 4.96. The topological polar surface area (TPSA) is 30.7 Å². The molecular weight excluding hydrogens is 231 g/mol. The second-order valence-corrected chi connectivity index (χ2v) is 3.68. The number of aryl methyl sites for hydroxylation is 2. The Morgan fingerprint density at radius 2 is 1.76 bits per heavy atom. The number of alkyl halides is 3. The van der Waals surface area contributed by atoms with Crippen LogP contribution in [0.15, 0.2) is 24.3 Å². The quantitative estimate of drug-likeness (QED) is 0.768. The van der Waals surface area contributed by atoms with Gasteiger partial charge in [-0.3, -0.25) is 0 Å². The van der Waals surface area contributed by atoms with Gasteiger partial charge in [0, 0.05) is 0 Å². The molecule has 0 aliphatic rings. The Labute approximate surface area is 95.9 Å². The molecule has 1 heterocycles. The van der Waals surface area contributed by atoms with Crippen LogP contribution in [-0.2, 0) is 6.18 Å². The number of benzene rings is 1. The molecule has 2 rings (SSSR count). The second-order valence-electron chi connectivity index (χ2n) is 3.68. The number of hydrogen-bond acceptors (Lipinski definition) is 2. The smallest absolute Gasteiger partial charge is 0.217 e. The van der Waals surface area contributed by atoms with Crippen molar-refractivity contribution in [1.29, 1.82) is 0 Å². The van der Waals surface area contributed by atoms with Crippen molar-refractivity contribution in [3.63, 3.8) is 0 Å². The average Bonchev–Trinajstić information content (AvgIpc) is 2.61. The number of halogens is 3. The highest BCUT2D eigenvalue weighted by atomic mass is 19.4. The largest absolute Gasteiger partial charge is 0.453 e. The van der Waals surface area contributed by atoms with Crippen molar-refractivity contribution in [3.05, 3.63) is 41.5 Å². The van der Waals surface area contributed by atoms with E-state index in [0.29, 0.717) is 5.69 Å². The summed E-state index contributed by atoms with van der Waals surface area (Å²) in [6.45, 7) is 3.30. The molecule has 90 valence electrons. The summed E-state index contributed by atoms with van der Waals surface area (Å²) in [7, 11) is 0. The van der Waals surface area contributed by atoms with Crippen molar-refractivity contribution in [2.45, 2.75) is 20.0 Å². The Balaban J connectivity index is 2.55. The minimum atomic E-state index is -4.52. The van der Waals surface area contributed by atoms with Gasteiger partial charge < -0.3 is 0 Å². The molecule has 1 aromatic carbocycles. The summed E-state index contributed by atoms with van der Waals surface area (Å²) in [6.07, 6.45) is -4.52. The van der Waals surface area contributed by atoms with Crippen LogP contribution in [0, 0.1) is 13.8 Å². The molecule has 0 aliphatic carbocycles. The van der Waals surface area contributed by atoms with E-state index < -0.39 is 12.0 Å². The molecule has 0 spiro atoms. The normalized spacial score (nSPS) is 11.8. The summed E-state index contributed by atoms with van der Waals surface area (Å²) in [5.41, 5.74) is 1.45. The average molecular weight is 241 g/mol. The van der Waals surface area contributed by atoms with Crippen molar-refractivity contribution in [2.24, 2.45) is 0 Å². The molecule has 0 aliphatic heterocycles. The molecule has 0 saturated heterocycles. The molecule has 0 radical (unpaired) electrons. The first-order valence-electron chi connectivity index (χ1n) is 4.96. The number of nitrogens with zero attached hydrogens (tertiary/aromatic N) is 3. The first-order chi connectivity index (χ1) is 7.89. The van der Waals surface area contributed by atoms with Crippen LogP contribution in [0.1, 0.15) is 17.2 Å². The lowest BCUT2D eigenvalue weighted by Crippen LogP contribution is -2.09. The highest BCUT2D eigenvalue weighted by Gasteiger charge is 2.36.